The number of anilines is 1. The minimum absolute atomic E-state index is 0.256. The molecule has 0 aliphatic carbocycles. The van der Waals surface area contributed by atoms with Gasteiger partial charge in [0.25, 0.3) is 0 Å². The third-order valence-electron chi connectivity index (χ3n) is 4.61. The van der Waals surface area contributed by atoms with Gasteiger partial charge in [0.05, 0.1) is 10.6 Å². The summed E-state index contributed by atoms with van der Waals surface area (Å²) >= 11 is 0. The van der Waals surface area contributed by atoms with Crippen LogP contribution in [-0.2, 0) is 10.0 Å². The zero-order chi connectivity index (χ0) is 18.2. The first-order chi connectivity index (χ1) is 11.8. The molecule has 1 heterocycles. The minimum Gasteiger partial charge on any atom is -0.367 e. The van der Waals surface area contributed by atoms with E-state index in [1.807, 2.05) is 13.8 Å². The van der Waals surface area contributed by atoms with Gasteiger partial charge in [-0.25, -0.2) is 17.2 Å². The summed E-state index contributed by atoms with van der Waals surface area (Å²) in [7, 11) is -3.57. The molecule has 0 N–H and O–H groups in total. The van der Waals surface area contributed by atoms with Crippen molar-refractivity contribution >= 4 is 15.7 Å². The molecule has 1 saturated heterocycles. The first-order valence-electron chi connectivity index (χ1n) is 8.06. The molecule has 4 nitrogen and oxygen atoms in total. The smallest absolute Gasteiger partial charge is 0.243 e. The molecule has 0 atom stereocenters. The summed E-state index contributed by atoms with van der Waals surface area (Å²) in [4.78, 5) is 2.01. The maximum absolute atomic E-state index is 13.9. The van der Waals surface area contributed by atoms with Crippen LogP contribution in [0, 0.1) is 25.5 Å². The van der Waals surface area contributed by atoms with Crippen LogP contribution < -0.4 is 4.90 Å². The van der Waals surface area contributed by atoms with Crippen LogP contribution in [-0.4, -0.2) is 38.9 Å². The molecule has 25 heavy (non-hydrogen) atoms. The van der Waals surface area contributed by atoms with Crippen molar-refractivity contribution in [2.45, 2.75) is 18.7 Å². The fourth-order valence-corrected chi connectivity index (χ4v) is 4.44. The van der Waals surface area contributed by atoms with Gasteiger partial charge in [0.15, 0.2) is 0 Å². The number of halogens is 2. The van der Waals surface area contributed by atoms with Gasteiger partial charge in [0.1, 0.15) is 11.6 Å². The van der Waals surface area contributed by atoms with Crippen molar-refractivity contribution in [3.05, 3.63) is 59.2 Å². The van der Waals surface area contributed by atoms with E-state index >= 15 is 0 Å². The molecule has 0 unspecified atom stereocenters. The number of benzene rings is 2. The molecule has 0 spiro atoms. The van der Waals surface area contributed by atoms with Crippen LogP contribution >= 0.6 is 0 Å². The summed E-state index contributed by atoms with van der Waals surface area (Å²) in [6.45, 7) is 5.03. The Morgan fingerprint density at radius 3 is 2.16 bits per heavy atom. The minimum atomic E-state index is -3.57. The summed E-state index contributed by atoms with van der Waals surface area (Å²) in [6.07, 6.45) is 0. The van der Waals surface area contributed by atoms with Gasteiger partial charge in [-0.2, -0.15) is 4.31 Å². The average Bonchev–Trinajstić information content (AvgIpc) is 2.57. The quantitative estimate of drug-likeness (QED) is 0.838. The Hall–Kier alpha value is -1.99. The predicted octanol–water partition coefficient (Wildman–Crippen LogP) is 3.09. The van der Waals surface area contributed by atoms with Gasteiger partial charge in [0, 0.05) is 32.2 Å². The van der Waals surface area contributed by atoms with Gasteiger partial charge in [-0.15, -0.1) is 0 Å². The topological polar surface area (TPSA) is 40.6 Å². The van der Waals surface area contributed by atoms with Gasteiger partial charge in [0.2, 0.25) is 10.0 Å². The molecule has 0 aromatic heterocycles. The largest absolute Gasteiger partial charge is 0.367 e. The number of sulfonamides is 1. The van der Waals surface area contributed by atoms with Gasteiger partial charge in [-0.1, -0.05) is 6.07 Å². The van der Waals surface area contributed by atoms with Crippen LogP contribution in [0.25, 0.3) is 0 Å². The highest BCUT2D eigenvalue weighted by molar-refractivity contribution is 7.89. The molecule has 1 fully saturated rings. The van der Waals surface area contributed by atoms with Crippen molar-refractivity contribution in [3.63, 3.8) is 0 Å². The fraction of sp³-hybridized carbons (Fsp3) is 0.333. The van der Waals surface area contributed by atoms with Crippen molar-refractivity contribution in [2.75, 3.05) is 31.1 Å². The van der Waals surface area contributed by atoms with Crippen LogP contribution in [0.15, 0.2) is 41.3 Å². The molecule has 3 rings (SSSR count). The normalized spacial score (nSPS) is 16.2. The molecule has 134 valence electrons. The highest BCUT2D eigenvalue weighted by Crippen LogP contribution is 2.24. The summed E-state index contributed by atoms with van der Waals surface area (Å²) in [5.41, 5.74) is 2.26. The van der Waals surface area contributed by atoms with E-state index in [-0.39, 0.29) is 18.0 Å². The maximum atomic E-state index is 13.9. The molecule has 2 aromatic carbocycles. The van der Waals surface area contributed by atoms with Crippen LogP contribution in [0.2, 0.25) is 0 Å². The summed E-state index contributed by atoms with van der Waals surface area (Å²) in [5.74, 6) is -1.26. The van der Waals surface area contributed by atoms with E-state index in [4.69, 9.17) is 0 Å². The van der Waals surface area contributed by atoms with Gasteiger partial charge in [-0.3, -0.25) is 0 Å². The fourth-order valence-electron chi connectivity index (χ4n) is 2.93. The SMILES string of the molecule is Cc1ccc(S(=O)(=O)N2CCN(c3ccc(F)cc3F)CC2)cc1C. The van der Waals surface area contributed by atoms with Crippen LogP contribution in [0.5, 0.6) is 0 Å². The van der Waals surface area contributed by atoms with E-state index in [0.29, 0.717) is 18.8 Å². The van der Waals surface area contributed by atoms with E-state index in [9.17, 15) is 17.2 Å². The van der Waals surface area contributed by atoms with Crippen molar-refractivity contribution in [1.29, 1.82) is 0 Å². The van der Waals surface area contributed by atoms with Crippen LogP contribution in [0.3, 0.4) is 0 Å². The molecule has 1 aliphatic heterocycles. The summed E-state index contributed by atoms with van der Waals surface area (Å²) in [6, 6.07) is 8.52. The lowest BCUT2D eigenvalue weighted by Gasteiger charge is -2.35. The van der Waals surface area contributed by atoms with Crippen molar-refractivity contribution in [2.24, 2.45) is 0 Å². The molecule has 1 aliphatic rings. The average molecular weight is 366 g/mol. The number of aryl methyl sites for hydroxylation is 2. The molecule has 2 aromatic rings. The van der Waals surface area contributed by atoms with Crippen molar-refractivity contribution in [1.82, 2.24) is 4.31 Å². The van der Waals surface area contributed by atoms with Crippen molar-refractivity contribution in [3.8, 4) is 0 Å². The van der Waals surface area contributed by atoms with Crippen LogP contribution in [0.1, 0.15) is 11.1 Å². The Balaban J connectivity index is 1.76. The van der Waals surface area contributed by atoms with E-state index in [2.05, 4.69) is 0 Å². The first-order valence-corrected chi connectivity index (χ1v) is 9.50. The lowest BCUT2D eigenvalue weighted by Crippen LogP contribution is -2.48. The maximum Gasteiger partial charge on any atom is 0.243 e. The van der Waals surface area contributed by atoms with E-state index in [1.165, 1.54) is 16.4 Å². The number of piperazine rings is 1. The number of hydrogen-bond acceptors (Lipinski definition) is 3. The van der Waals surface area contributed by atoms with E-state index in [0.717, 1.165) is 17.2 Å². The Morgan fingerprint density at radius 1 is 0.880 bits per heavy atom. The van der Waals surface area contributed by atoms with E-state index in [1.54, 1.807) is 23.1 Å². The highest BCUT2D eigenvalue weighted by atomic mass is 32.2. The molecule has 0 bridgehead atoms. The number of nitrogens with zero attached hydrogens (tertiary/aromatic N) is 2. The molecular formula is C18H20F2N2O2S. The second-order valence-electron chi connectivity index (χ2n) is 6.23. The lowest BCUT2D eigenvalue weighted by atomic mass is 10.1. The van der Waals surface area contributed by atoms with Crippen LogP contribution in [0.4, 0.5) is 14.5 Å². The molecule has 7 heteroatoms. The molecule has 0 saturated carbocycles. The van der Waals surface area contributed by atoms with Gasteiger partial charge >= 0.3 is 0 Å². The molecular weight excluding hydrogens is 346 g/mol. The second kappa shape index (κ2) is 6.72. The zero-order valence-corrected chi connectivity index (χ0v) is 15.0. The third-order valence-corrected chi connectivity index (χ3v) is 6.50. The predicted molar refractivity (Wildman–Crippen MR) is 93.2 cm³/mol. The van der Waals surface area contributed by atoms with E-state index < -0.39 is 21.7 Å². The third kappa shape index (κ3) is 3.52. The molecule has 0 radical (unpaired) electrons. The Morgan fingerprint density at radius 2 is 1.56 bits per heavy atom. The second-order valence-corrected chi connectivity index (χ2v) is 8.17. The highest BCUT2D eigenvalue weighted by Gasteiger charge is 2.29. The Bertz CT molecular complexity index is 892. The number of hydrogen-bond donors (Lipinski definition) is 0. The zero-order valence-electron chi connectivity index (χ0n) is 14.2. The first kappa shape index (κ1) is 17.8. The van der Waals surface area contributed by atoms with Gasteiger partial charge < -0.3 is 4.90 Å². The van der Waals surface area contributed by atoms with Crippen molar-refractivity contribution < 1.29 is 17.2 Å². The Labute approximate surface area is 146 Å². The molecule has 0 amide bonds. The number of rotatable bonds is 3. The van der Waals surface area contributed by atoms with Gasteiger partial charge in [-0.05, 0) is 49.2 Å². The lowest BCUT2D eigenvalue weighted by molar-refractivity contribution is 0.383. The summed E-state index contributed by atoms with van der Waals surface area (Å²) in [5, 5.41) is 0. The standard InChI is InChI=1S/C18H20F2N2O2S/c1-13-3-5-16(11-14(13)2)25(23,24)22-9-7-21(8-10-22)18-6-4-15(19)12-17(18)20/h3-6,11-12H,7-10H2,1-2H3. The Kier molecular flexibility index (Phi) is 4.79. The monoisotopic (exact) mass is 366 g/mol. The summed E-state index contributed by atoms with van der Waals surface area (Å²) < 4.78 is 53.9.